The van der Waals surface area contributed by atoms with Crippen molar-refractivity contribution in [2.24, 2.45) is 0 Å². The van der Waals surface area contributed by atoms with E-state index in [4.69, 9.17) is 16.7 Å². The van der Waals surface area contributed by atoms with Crippen LogP contribution < -0.4 is 0 Å². The van der Waals surface area contributed by atoms with Crippen molar-refractivity contribution < 1.29 is 14.3 Å². The monoisotopic (exact) mass is 216 g/mol. The Kier molecular flexibility index (Phi) is 3.89. The van der Waals surface area contributed by atoms with E-state index in [2.05, 4.69) is 0 Å². The zero-order chi connectivity index (χ0) is 10.6. The summed E-state index contributed by atoms with van der Waals surface area (Å²) in [7, 11) is 0. The van der Waals surface area contributed by atoms with Crippen molar-refractivity contribution in [2.45, 2.75) is 19.3 Å². The topological polar surface area (TPSA) is 37.3 Å². The second-order valence-corrected chi connectivity index (χ2v) is 3.40. The van der Waals surface area contributed by atoms with Crippen LogP contribution in [0, 0.1) is 5.82 Å². The molecule has 0 amide bonds. The summed E-state index contributed by atoms with van der Waals surface area (Å²) in [6.45, 7) is 0. The molecule has 0 saturated carbocycles. The molecule has 0 radical (unpaired) electrons. The third kappa shape index (κ3) is 3.34. The lowest BCUT2D eigenvalue weighted by Gasteiger charge is -2.00. The highest BCUT2D eigenvalue weighted by atomic mass is 35.5. The minimum atomic E-state index is -0.821. The van der Waals surface area contributed by atoms with E-state index >= 15 is 0 Å². The molecule has 0 bridgehead atoms. The van der Waals surface area contributed by atoms with E-state index in [0.717, 1.165) is 5.56 Å². The van der Waals surface area contributed by atoms with Crippen molar-refractivity contribution in [3.8, 4) is 0 Å². The van der Waals surface area contributed by atoms with Crippen LogP contribution in [-0.2, 0) is 11.2 Å². The quantitative estimate of drug-likeness (QED) is 0.840. The fourth-order valence-corrected chi connectivity index (χ4v) is 1.34. The van der Waals surface area contributed by atoms with Gasteiger partial charge < -0.3 is 5.11 Å². The third-order valence-electron chi connectivity index (χ3n) is 1.84. The lowest BCUT2D eigenvalue weighted by Crippen LogP contribution is -1.96. The molecule has 1 rings (SSSR count). The highest BCUT2D eigenvalue weighted by Gasteiger charge is 2.02. The normalized spacial score (nSPS) is 10.1. The molecule has 14 heavy (non-hydrogen) atoms. The Labute approximate surface area is 86.3 Å². The Morgan fingerprint density at radius 3 is 2.79 bits per heavy atom. The summed E-state index contributed by atoms with van der Waals surface area (Å²) in [5.41, 5.74) is 0.859. The second-order valence-electron chi connectivity index (χ2n) is 3.00. The summed E-state index contributed by atoms with van der Waals surface area (Å²) in [5, 5.41) is 8.49. The van der Waals surface area contributed by atoms with Crippen LogP contribution in [0.25, 0.3) is 0 Å². The second kappa shape index (κ2) is 4.96. The predicted octanol–water partition coefficient (Wildman–Crippen LogP) is 2.89. The van der Waals surface area contributed by atoms with E-state index in [0.29, 0.717) is 12.8 Å². The number of carboxylic acids is 1. The molecule has 0 saturated heterocycles. The molecule has 0 spiro atoms. The van der Waals surface area contributed by atoms with Crippen molar-refractivity contribution in [3.63, 3.8) is 0 Å². The summed E-state index contributed by atoms with van der Waals surface area (Å²) < 4.78 is 12.7. The maximum Gasteiger partial charge on any atom is 0.303 e. The number of halogens is 2. The number of carboxylic acid groups (broad SMARTS) is 1. The van der Waals surface area contributed by atoms with Gasteiger partial charge in [0.1, 0.15) is 5.82 Å². The molecule has 0 aliphatic heterocycles. The average molecular weight is 217 g/mol. The first-order valence-electron chi connectivity index (χ1n) is 4.25. The number of hydrogen-bond donors (Lipinski definition) is 1. The fraction of sp³-hybridized carbons (Fsp3) is 0.300. The number of aliphatic carboxylic acids is 1. The van der Waals surface area contributed by atoms with Gasteiger partial charge >= 0.3 is 5.97 Å². The molecule has 0 fully saturated rings. The number of carbonyl (C=O) groups is 1. The Hall–Kier alpha value is -1.09. The van der Waals surface area contributed by atoms with Crippen LogP contribution in [0.3, 0.4) is 0 Å². The van der Waals surface area contributed by atoms with Crippen molar-refractivity contribution in [1.82, 2.24) is 0 Å². The number of aryl methyl sites for hydroxylation is 1. The molecule has 1 aromatic carbocycles. The summed E-state index contributed by atoms with van der Waals surface area (Å²) in [6.07, 6.45) is 1.26. The lowest BCUT2D eigenvalue weighted by atomic mass is 10.1. The van der Waals surface area contributed by atoms with Crippen LogP contribution in [0.4, 0.5) is 4.39 Å². The van der Waals surface area contributed by atoms with Gasteiger partial charge in [-0.05, 0) is 30.5 Å². The molecule has 0 heterocycles. The molecular formula is C10H10ClFO2. The van der Waals surface area contributed by atoms with E-state index in [-0.39, 0.29) is 11.4 Å². The van der Waals surface area contributed by atoms with Gasteiger partial charge in [-0.25, -0.2) is 4.39 Å². The number of benzene rings is 1. The van der Waals surface area contributed by atoms with Crippen LogP contribution in [-0.4, -0.2) is 11.1 Å². The van der Waals surface area contributed by atoms with Gasteiger partial charge in [-0.1, -0.05) is 17.7 Å². The van der Waals surface area contributed by atoms with Crippen LogP contribution in [0.5, 0.6) is 0 Å². The lowest BCUT2D eigenvalue weighted by molar-refractivity contribution is -0.137. The van der Waals surface area contributed by atoms with Gasteiger partial charge in [0, 0.05) is 6.42 Å². The summed E-state index contributed by atoms with van der Waals surface area (Å²) in [6, 6.07) is 4.43. The molecule has 4 heteroatoms. The molecule has 0 atom stereocenters. The van der Waals surface area contributed by atoms with Gasteiger partial charge in [0.05, 0.1) is 5.02 Å². The van der Waals surface area contributed by atoms with Gasteiger partial charge in [0.2, 0.25) is 0 Å². The summed E-state index contributed by atoms with van der Waals surface area (Å²) in [5.74, 6) is -1.27. The van der Waals surface area contributed by atoms with E-state index in [9.17, 15) is 9.18 Å². The fourth-order valence-electron chi connectivity index (χ4n) is 1.14. The van der Waals surface area contributed by atoms with Crippen molar-refractivity contribution in [2.75, 3.05) is 0 Å². The van der Waals surface area contributed by atoms with E-state index in [1.807, 2.05) is 0 Å². The molecular weight excluding hydrogens is 207 g/mol. The third-order valence-corrected chi connectivity index (χ3v) is 2.13. The van der Waals surface area contributed by atoms with E-state index < -0.39 is 11.8 Å². The van der Waals surface area contributed by atoms with E-state index in [1.165, 1.54) is 12.1 Å². The van der Waals surface area contributed by atoms with Crippen molar-refractivity contribution in [3.05, 3.63) is 34.6 Å². The van der Waals surface area contributed by atoms with Gasteiger partial charge in [-0.3, -0.25) is 4.79 Å². The molecule has 1 aromatic rings. The smallest absolute Gasteiger partial charge is 0.303 e. The van der Waals surface area contributed by atoms with E-state index in [1.54, 1.807) is 6.07 Å². The molecule has 2 nitrogen and oxygen atoms in total. The highest BCUT2D eigenvalue weighted by molar-refractivity contribution is 6.30. The van der Waals surface area contributed by atoms with Gasteiger partial charge in [0.15, 0.2) is 0 Å². The average Bonchev–Trinajstić information content (AvgIpc) is 2.10. The van der Waals surface area contributed by atoms with Crippen LogP contribution >= 0.6 is 11.6 Å². The first kappa shape index (κ1) is 11.0. The van der Waals surface area contributed by atoms with Crippen LogP contribution in [0.2, 0.25) is 5.02 Å². The molecule has 1 N–H and O–H groups in total. The Balaban J connectivity index is 2.51. The summed E-state index contributed by atoms with van der Waals surface area (Å²) >= 11 is 5.56. The minimum absolute atomic E-state index is 0.0813. The summed E-state index contributed by atoms with van der Waals surface area (Å²) in [4.78, 5) is 10.2. The first-order chi connectivity index (χ1) is 6.59. The SMILES string of the molecule is O=C(O)CCCc1ccc(F)c(Cl)c1. The number of hydrogen-bond acceptors (Lipinski definition) is 1. The molecule has 0 aliphatic rings. The largest absolute Gasteiger partial charge is 0.481 e. The Morgan fingerprint density at radius 2 is 2.21 bits per heavy atom. The predicted molar refractivity (Wildman–Crippen MR) is 52.0 cm³/mol. The highest BCUT2D eigenvalue weighted by Crippen LogP contribution is 2.17. The Bertz CT molecular complexity index is 339. The van der Waals surface area contributed by atoms with Gasteiger partial charge in [0.25, 0.3) is 0 Å². The van der Waals surface area contributed by atoms with Crippen molar-refractivity contribution in [1.29, 1.82) is 0 Å². The zero-order valence-electron chi connectivity index (χ0n) is 7.46. The molecule has 0 aromatic heterocycles. The maximum atomic E-state index is 12.7. The maximum absolute atomic E-state index is 12.7. The standard InChI is InChI=1S/C10H10ClFO2/c11-8-6-7(4-5-9(8)12)2-1-3-10(13)14/h4-6H,1-3H2,(H,13,14). The molecule has 0 aliphatic carbocycles. The van der Waals surface area contributed by atoms with Gasteiger partial charge in [-0.15, -0.1) is 0 Å². The van der Waals surface area contributed by atoms with Gasteiger partial charge in [-0.2, -0.15) is 0 Å². The molecule has 76 valence electrons. The van der Waals surface area contributed by atoms with Crippen LogP contribution in [0.1, 0.15) is 18.4 Å². The first-order valence-corrected chi connectivity index (χ1v) is 4.63. The number of rotatable bonds is 4. The Morgan fingerprint density at radius 1 is 1.50 bits per heavy atom. The van der Waals surface area contributed by atoms with Crippen LogP contribution in [0.15, 0.2) is 18.2 Å². The van der Waals surface area contributed by atoms with Crippen molar-refractivity contribution >= 4 is 17.6 Å². The minimum Gasteiger partial charge on any atom is -0.481 e. The zero-order valence-corrected chi connectivity index (χ0v) is 8.22. The molecule has 0 unspecified atom stereocenters.